The molecule has 8 heteroatoms. The van der Waals surface area contributed by atoms with Crippen LogP contribution < -0.4 is 4.74 Å². The lowest BCUT2D eigenvalue weighted by atomic mass is 10.1. The van der Waals surface area contributed by atoms with Crippen LogP contribution in [0.25, 0.3) is 0 Å². The highest BCUT2D eigenvalue weighted by Crippen LogP contribution is 2.21. The van der Waals surface area contributed by atoms with Gasteiger partial charge in [0, 0.05) is 7.05 Å². The number of amides is 4. The Morgan fingerprint density at radius 2 is 1.90 bits per heavy atom. The zero-order chi connectivity index (χ0) is 15.7. The van der Waals surface area contributed by atoms with Crippen LogP contribution in [0, 0.1) is 5.82 Å². The molecule has 0 atom stereocenters. The first-order valence-electron chi connectivity index (χ1n) is 5.87. The maximum atomic E-state index is 13.2. The Kier molecular flexibility index (Phi) is 3.70. The highest BCUT2D eigenvalue weighted by atomic mass is 19.1. The molecule has 0 saturated carbocycles. The van der Waals surface area contributed by atoms with Crippen molar-refractivity contribution in [1.82, 2.24) is 9.80 Å². The van der Waals surface area contributed by atoms with E-state index in [1.165, 1.54) is 13.2 Å². The summed E-state index contributed by atoms with van der Waals surface area (Å²) in [4.78, 5) is 47.8. The first kappa shape index (κ1) is 14.6. The number of hydrogen-bond acceptors (Lipinski definition) is 5. The van der Waals surface area contributed by atoms with E-state index in [0.717, 1.165) is 19.2 Å². The van der Waals surface area contributed by atoms with Gasteiger partial charge in [-0.05, 0) is 18.2 Å². The minimum Gasteiger partial charge on any atom is -0.496 e. The maximum absolute atomic E-state index is 13.2. The van der Waals surface area contributed by atoms with E-state index in [-0.39, 0.29) is 11.3 Å². The summed E-state index contributed by atoms with van der Waals surface area (Å²) < 4.78 is 18.1. The van der Waals surface area contributed by atoms with E-state index < -0.39 is 36.0 Å². The second-order valence-electron chi connectivity index (χ2n) is 4.31. The van der Waals surface area contributed by atoms with Gasteiger partial charge in [0.05, 0.1) is 19.2 Å². The standard InChI is InChI=1S/C13H11FN2O5/c1-15-11(18)12(19)16(13(15)20)6-9(17)8-5-7(14)3-4-10(8)21-2/h3-5H,6H2,1-2H3. The molecule has 1 aromatic carbocycles. The maximum Gasteiger partial charge on any atom is 0.334 e. The second kappa shape index (κ2) is 5.31. The molecule has 1 saturated heterocycles. The number of halogens is 1. The summed E-state index contributed by atoms with van der Waals surface area (Å²) >= 11 is 0. The summed E-state index contributed by atoms with van der Waals surface area (Å²) in [5, 5.41) is 0. The fourth-order valence-corrected chi connectivity index (χ4v) is 1.88. The Morgan fingerprint density at radius 3 is 2.43 bits per heavy atom. The molecule has 110 valence electrons. The van der Waals surface area contributed by atoms with Gasteiger partial charge in [0.15, 0.2) is 5.78 Å². The van der Waals surface area contributed by atoms with Crippen LogP contribution in [0.15, 0.2) is 18.2 Å². The summed E-state index contributed by atoms with van der Waals surface area (Å²) in [5.74, 6) is -3.37. The molecule has 0 N–H and O–H groups in total. The van der Waals surface area contributed by atoms with Gasteiger partial charge in [-0.25, -0.2) is 14.1 Å². The number of carbonyl (C=O) groups excluding carboxylic acids is 4. The van der Waals surface area contributed by atoms with Crippen molar-refractivity contribution < 1.29 is 28.3 Å². The predicted molar refractivity (Wildman–Crippen MR) is 67.2 cm³/mol. The number of nitrogens with zero attached hydrogens (tertiary/aromatic N) is 2. The fourth-order valence-electron chi connectivity index (χ4n) is 1.88. The molecule has 4 amide bonds. The van der Waals surface area contributed by atoms with Crippen LogP contribution in [-0.4, -0.2) is 54.1 Å². The monoisotopic (exact) mass is 294 g/mol. The quantitative estimate of drug-likeness (QED) is 0.457. The van der Waals surface area contributed by atoms with E-state index in [0.29, 0.717) is 9.80 Å². The number of imide groups is 2. The van der Waals surface area contributed by atoms with Crippen molar-refractivity contribution in [3.63, 3.8) is 0 Å². The molecule has 0 aromatic heterocycles. The van der Waals surface area contributed by atoms with Crippen molar-refractivity contribution in [3.8, 4) is 5.75 Å². The third kappa shape index (κ3) is 2.47. The third-order valence-electron chi connectivity index (χ3n) is 3.01. The van der Waals surface area contributed by atoms with E-state index >= 15 is 0 Å². The highest BCUT2D eigenvalue weighted by molar-refractivity contribution is 6.45. The van der Waals surface area contributed by atoms with Crippen molar-refractivity contribution in [3.05, 3.63) is 29.6 Å². The number of urea groups is 1. The molecule has 0 radical (unpaired) electrons. The lowest BCUT2D eigenvalue weighted by molar-refractivity contribution is -0.142. The smallest absolute Gasteiger partial charge is 0.334 e. The first-order chi connectivity index (χ1) is 9.86. The summed E-state index contributed by atoms with van der Waals surface area (Å²) in [6.45, 7) is -0.659. The van der Waals surface area contributed by atoms with Crippen molar-refractivity contribution in [2.24, 2.45) is 0 Å². The van der Waals surface area contributed by atoms with Crippen LogP contribution in [0.4, 0.5) is 9.18 Å². The molecule has 1 aliphatic heterocycles. The van der Waals surface area contributed by atoms with Gasteiger partial charge in [-0.15, -0.1) is 0 Å². The van der Waals surface area contributed by atoms with Crippen molar-refractivity contribution in [1.29, 1.82) is 0 Å². The summed E-state index contributed by atoms with van der Waals surface area (Å²) in [6, 6.07) is 2.42. The first-order valence-corrected chi connectivity index (χ1v) is 5.87. The Bertz CT molecular complexity index is 658. The second-order valence-corrected chi connectivity index (χ2v) is 4.31. The number of likely N-dealkylation sites (N-methyl/N-ethyl adjacent to an activating group) is 1. The van der Waals surface area contributed by atoms with Crippen LogP contribution >= 0.6 is 0 Å². The SMILES string of the molecule is COc1ccc(F)cc1C(=O)CN1C(=O)C(=O)N(C)C1=O. The van der Waals surface area contributed by atoms with Gasteiger partial charge in [-0.2, -0.15) is 0 Å². The van der Waals surface area contributed by atoms with Crippen LogP contribution in [0.5, 0.6) is 5.75 Å². The van der Waals surface area contributed by atoms with E-state index in [1.807, 2.05) is 0 Å². The van der Waals surface area contributed by atoms with Crippen LogP contribution in [0.3, 0.4) is 0 Å². The number of benzene rings is 1. The third-order valence-corrected chi connectivity index (χ3v) is 3.01. The fraction of sp³-hybridized carbons (Fsp3) is 0.231. The molecule has 2 rings (SSSR count). The Morgan fingerprint density at radius 1 is 1.24 bits per heavy atom. The lowest BCUT2D eigenvalue weighted by Crippen LogP contribution is -2.36. The van der Waals surface area contributed by atoms with Gasteiger partial charge in [0.2, 0.25) is 0 Å². The summed E-state index contributed by atoms with van der Waals surface area (Å²) in [7, 11) is 2.43. The predicted octanol–water partition coefficient (Wildman–Crippen LogP) is 0.438. The van der Waals surface area contributed by atoms with E-state index in [4.69, 9.17) is 4.74 Å². The van der Waals surface area contributed by atoms with Gasteiger partial charge in [-0.1, -0.05) is 0 Å². The topological polar surface area (TPSA) is 84.0 Å². The minimum absolute atomic E-state index is 0.111. The van der Waals surface area contributed by atoms with Crippen LogP contribution in [0.2, 0.25) is 0 Å². The number of ketones is 1. The average molecular weight is 294 g/mol. The van der Waals surface area contributed by atoms with E-state index in [1.54, 1.807) is 0 Å². The summed E-state index contributed by atoms with van der Waals surface area (Å²) in [5.41, 5.74) is -0.111. The number of Topliss-reactive ketones (excluding diaryl/α,β-unsaturated/α-hetero) is 1. The Balaban J connectivity index is 2.27. The van der Waals surface area contributed by atoms with E-state index in [2.05, 4.69) is 0 Å². The Labute approximate surface area is 118 Å². The number of rotatable bonds is 4. The molecule has 0 bridgehead atoms. The molecule has 7 nitrogen and oxygen atoms in total. The molecule has 1 fully saturated rings. The average Bonchev–Trinajstić information content (AvgIpc) is 2.65. The molecular weight excluding hydrogens is 283 g/mol. The molecule has 1 aromatic rings. The van der Waals surface area contributed by atoms with Crippen LogP contribution in [-0.2, 0) is 9.59 Å². The number of carbonyl (C=O) groups is 4. The van der Waals surface area contributed by atoms with Gasteiger partial charge in [0.1, 0.15) is 11.6 Å². The molecule has 1 heterocycles. The van der Waals surface area contributed by atoms with Gasteiger partial charge in [0.25, 0.3) is 0 Å². The zero-order valence-corrected chi connectivity index (χ0v) is 11.3. The molecule has 0 spiro atoms. The number of hydrogen-bond donors (Lipinski definition) is 0. The van der Waals surface area contributed by atoms with Crippen molar-refractivity contribution in [2.75, 3.05) is 20.7 Å². The molecule has 21 heavy (non-hydrogen) atoms. The van der Waals surface area contributed by atoms with Crippen molar-refractivity contribution >= 4 is 23.6 Å². The van der Waals surface area contributed by atoms with Gasteiger partial charge in [-0.3, -0.25) is 19.3 Å². The number of ether oxygens (including phenoxy) is 1. The summed E-state index contributed by atoms with van der Waals surface area (Å²) in [6.07, 6.45) is 0. The molecular formula is C13H11FN2O5. The largest absolute Gasteiger partial charge is 0.496 e. The van der Waals surface area contributed by atoms with Gasteiger partial charge >= 0.3 is 17.8 Å². The number of methoxy groups -OCH3 is 1. The minimum atomic E-state index is -1.09. The van der Waals surface area contributed by atoms with E-state index in [9.17, 15) is 23.6 Å². The van der Waals surface area contributed by atoms with Crippen LogP contribution in [0.1, 0.15) is 10.4 Å². The molecule has 1 aliphatic rings. The van der Waals surface area contributed by atoms with Crippen molar-refractivity contribution in [2.45, 2.75) is 0 Å². The zero-order valence-electron chi connectivity index (χ0n) is 11.3. The Hall–Kier alpha value is -2.77. The normalized spacial score (nSPS) is 14.9. The molecule has 0 aliphatic carbocycles. The van der Waals surface area contributed by atoms with Gasteiger partial charge < -0.3 is 4.74 Å². The highest BCUT2D eigenvalue weighted by Gasteiger charge is 2.43. The molecule has 0 unspecified atom stereocenters. The lowest BCUT2D eigenvalue weighted by Gasteiger charge is -2.13.